The number of nitrogens with zero attached hydrogens (tertiary/aromatic N) is 2. The van der Waals surface area contributed by atoms with E-state index in [4.69, 9.17) is 4.74 Å². The monoisotopic (exact) mass is 382 g/mol. The molecule has 0 saturated carbocycles. The van der Waals surface area contributed by atoms with Crippen LogP contribution in [0.4, 0.5) is 4.79 Å². The van der Waals surface area contributed by atoms with Gasteiger partial charge in [0.25, 0.3) is 0 Å². The molecule has 2 heterocycles. The average Bonchev–Trinajstić information content (AvgIpc) is 3.22. The van der Waals surface area contributed by atoms with Crippen LogP contribution in [0.5, 0.6) is 5.75 Å². The minimum absolute atomic E-state index is 0.0222. The van der Waals surface area contributed by atoms with Gasteiger partial charge in [0.1, 0.15) is 11.8 Å². The van der Waals surface area contributed by atoms with Gasteiger partial charge in [0.2, 0.25) is 0 Å². The molecule has 0 N–H and O–H groups in total. The average molecular weight is 382 g/mol. The van der Waals surface area contributed by atoms with Crippen LogP contribution in [0.15, 0.2) is 78.9 Å². The van der Waals surface area contributed by atoms with Crippen molar-refractivity contribution in [3.05, 3.63) is 101 Å². The van der Waals surface area contributed by atoms with E-state index in [-0.39, 0.29) is 12.1 Å². The summed E-state index contributed by atoms with van der Waals surface area (Å²) in [5, 5.41) is 1.13. The Morgan fingerprint density at radius 3 is 2.31 bits per heavy atom. The number of ether oxygens (including phenoxy) is 1. The Hall–Kier alpha value is -3.53. The second-order valence-electron chi connectivity index (χ2n) is 7.43. The molecule has 0 fully saturated rings. The molecular formula is C25H22N2O2. The smallest absolute Gasteiger partial charge is 0.330 e. The summed E-state index contributed by atoms with van der Waals surface area (Å²) in [6, 6.07) is 26.2. The van der Waals surface area contributed by atoms with E-state index in [2.05, 4.69) is 37.3 Å². The molecule has 144 valence electrons. The Labute approximate surface area is 170 Å². The lowest BCUT2D eigenvalue weighted by atomic mass is 9.99. The number of aromatic nitrogens is 1. The summed E-state index contributed by atoms with van der Waals surface area (Å²) in [5.41, 5.74) is 5.38. The number of aryl methyl sites for hydroxylation is 1. The maximum absolute atomic E-state index is 13.6. The van der Waals surface area contributed by atoms with Crippen molar-refractivity contribution in [1.29, 1.82) is 0 Å². The summed E-state index contributed by atoms with van der Waals surface area (Å²) in [5.74, 6) is 0.810. The van der Waals surface area contributed by atoms with E-state index in [0.29, 0.717) is 6.54 Å². The quantitative estimate of drug-likeness (QED) is 0.465. The third-order valence-corrected chi connectivity index (χ3v) is 5.81. The highest BCUT2D eigenvalue weighted by molar-refractivity contribution is 5.98. The first-order valence-corrected chi connectivity index (χ1v) is 9.78. The molecule has 0 saturated heterocycles. The molecule has 4 aromatic rings. The molecule has 1 aliphatic heterocycles. The van der Waals surface area contributed by atoms with Gasteiger partial charge in [0, 0.05) is 11.9 Å². The van der Waals surface area contributed by atoms with Crippen molar-refractivity contribution in [3.63, 3.8) is 0 Å². The van der Waals surface area contributed by atoms with Crippen LogP contribution >= 0.6 is 0 Å². The van der Waals surface area contributed by atoms with Crippen LogP contribution < -0.4 is 4.74 Å². The van der Waals surface area contributed by atoms with Crippen molar-refractivity contribution in [2.45, 2.75) is 19.5 Å². The zero-order valence-electron chi connectivity index (χ0n) is 16.5. The molecule has 1 amide bonds. The van der Waals surface area contributed by atoms with Crippen LogP contribution in [0.1, 0.15) is 28.4 Å². The number of carbonyl (C=O) groups excluding carboxylic acids is 1. The summed E-state index contributed by atoms with van der Waals surface area (Å²) in [6.07, 6.45) is 0. The standard InChI is InChI=1S/C25H22N2O2/c1-17-21-10-6-7-11-22(21)27-23(17)24(19-12-14-20(29-2)15-13-19)26(25(27)28)16-18-8-4-3-5-9-18/h3-15,24H,16H2,1-2H3. The van der Waals surface area contributed by atoms with E-state index < -0.39 is 0 Å². The second kappa shape index (κ2) is 6.82. The first-order valence-electron chi connectivity index (χ1n) is 9.78. The molecule has 1 aliphatic rings. The van der Waals surface area contributed by atoms with Crippen molar-refractivity contribution in [2.24, 2.45) is 0 Å². The Kier molecular flexibility index (Phi) is 4.13. The van der Waals surface area contributed by atoms with Gasteiger partial charge in [-0.25, -0.2) is 4.79 Å². The molecular weight excluding hydrogens is 360 g/mol. The minimum atomic E-state index is -0.138. The Bertz CT molecular complexity index is 1190. The summed E-state index contributed by atoms with van der Waals surface area (Å²) in [4.78, 5) is 15.6. The predicted molar refractivity (Wildman–Crippen MR) is 114 cm³/mol. The van der Waals surface area contributed by atoms with E-state index in [9.17, 15) is 4.79 Å². The lowest BCUT2D eigenvalue weighted by Crippen LogP contribution is -2.29. The molecule has 0 radical (unpaired) electrons. The van der Waals surface area contributed by atoms with Crippen molar-refractivity contribution < 1.29 is 9.53 Å². The zero-order valence-corrected chi connectivity index (χ0v) is 16.5. The number of methoxy groups -OCH3 is 1. The van der Waals surface area contributed by atoms with Crippen LogP contribution in [-0.2, 0) is 6.54 Å². The van der Waals surface area contributed by atoms with Crippen LogP contribution in [0.25, 0.3) is 10.9 Å². The van der Waals surface area contributed by atoms with E-state index >= 15 is 0 Å². The molecule has 1 aromatic heterocycles. The molecule has 29 heavy (non-hydrogen) atoms. The molecule has 0 aliphatic carbocycles. The van der Waals surface area contributed by atoms with Crippen LogP contribution in [0.2, 0.25) is 0 Å². The largest absolute Gasteiger partial charge is 0.497 e. The molecule has 4 nitrogen and oxygen atoms in total. The van der Waals surface area contributed by atoms with Crippen molar-refractivity contribution >= 4 is 16.9 Å². The van der Waals surface area contributed by atoms with Gasteiger partial charge >= 0.3 is 6.03 Å². The highest BCUT2D eigenvalue weighted by Gasteiger charge is 2.40. The number of amides is 1. The first kappa shape index (κ1) is 17.6. The van der Waals surface area contributed by atoms with Crippen molar-refractivity contribution in [2.75, 3.05) is 7.11 Å². The number of rotatable bonds is 4. The lowest BCUT2D eigenvalue weighted by molar-refractivity contribution is 0.199. The molecule has 4 heteroatoms. The van der Waals surface area contributed by atoms with Crippen LogP contribution in [-0.4, -0.2) is 22.6 Å². The third-order valence-electron chi connectivity index (χ3n) is 5.81. The molecule has 0 spiro atoms. The Morgan fingerprint density at radius 1 is 0.897 bits per heavy atom. The zero-order chi connectivity index (χ0) is 20.0. The van der Waals surface area contributed by atoms with Gasteiger partial charge < -0.3 is 9.64 Å². The number of fused-ring (bicyclic) bond motifs is 3. The number of hydrogen-bond donors (Lipinski definition) is 0. The SMILES string of the molecule is COc1ccc(C2c3c(C)c4ccccc4n3C(=O)N2Cc2ccccc2)cc1. The van der Waals surface area contributed by atoms with Crippen molar-refractivity contribution in [3.8, 4) is 5.75 Å². The normalized spacial score (nSPS) is 15.7. The van der Waals surface area contributed by atoms with E-state index in [1.165, 1.54) is 0 Å². The summed E-state index contributed by atoms with van der Waals surface area (Å²) in [7, 11) is 1.66. The van der Waals surface area contributed by atoms with Gasteiger partial charge in [-0.05, 0) is 41.8 Å². The highest BCUT2D eigenvalue weighted by atomic mass is 16.5. The molecule has 1 atom stereocenters. The van der Waals surface area contributed by atoms with Gasteiger partial charge in [0.05, 0.1) is 18.3 Å². The van der Waals surface area contributed by atoms with Gasteiger partial charge in [-0.3, -0.25) is 4.57 Å². The summed E-state index contributed by atoms with van der Waals surface area (Å²) in [6.45, 7) is 2.68. The third kappa shape index (κ3) is 2.71. The maximum atomic E-state index is 13.6. The fourth-order valence-corrected chi connectivity index (χ4v) is 4.40. The number of benzene rings is 3. The fourth-order valence-electron chi connectivity index (χ4n) is 4.40. The minimum Gasteiger partial charge on any atom is -0.497 e. The maximum Gasteiger partial charge on any atom is 0.330 e. The second-order valence-corrected chi connectivity index (χ2v) is 7.43. The summed E-state index contributed by atoms with van der Waals surface area (Å²) < 4.78 is 7.22. The highest BCUT2D eigenvalue weighted by Crippen LogP contribution is 2.42. The molecule has 0 bridgehead atoms. The molecule has 3 aromatic carbocycles. The lowest BCUT2D eigenvalue weighted by Gasteiger charge is -2.25. The topological polar surface area (TPSA) is 34.5 Å². The molecule has 1 unspecified atom stereocenters. The van der Waals surface area contributed by atoms with E-state index in [1.54, 1.807) is 7.11 Å². The van der Waals surface area contributed by atoms with Crippen LogP contribution in [0, 0.1) is 6.92 Å². The first-order chi connectivity index (χ1) is 14.2. The number of para-hydroxylation sites is 1. The van der Waals surface area contributed by atoms with Crippen LogP contribution in [0.3, 0.4) is 0 Å². The Balaban J connectivity index is 1.69. The number of hydrogen-bond acceptors (Lipinski definition) is 2. The molecule has 5 rings (SSSR count). The predicted octanol–water partition coefficient (Wildman–Crippen LogP) is 5.53. The van der Waals surface area contributed by atoms with E-state index in [1.807, 2.05) is 58.0 Å². The van der Waals surface area contributed by atoms with Gasteiger partial charge in [-0.15, -0.1) is 0 Å². The van der Waals surface area contributed by atoms with Gasteiger partial charge in [-0.1, -0.05) is 60.7 Å². The number of carbonyl (C=O) groups is 1. The Morgan fingerprint density at radius 2 is 1.59 bits per heavy atom. The van der Waals surface area contributed by atoms with E-state index in [0.717, 1.165) is 39.0 Å². The van der Waals surface area contributed by atoms with Crippen molar-refractivity contribution in [1.82, 2.24) is 9.47 Å². The van der Waals surface area contributed by atoms with Gasteiger partial charge in [0.15, 0.2) is 0 Å². The fraction of sp³-hybridized carbons (Fsp3) is 0.160. The van der Waals surface area contributed by atoms with Gasteiger partial charge in [-0.2, -0.15) is 0 Å². The summed E-state index contributed by atoms with van der Waals surface area (Å²) >= 11 is 0.